The first kappa shape index (κ1) is 22.1. The van der Waals surface area contributed by atoms with Gasteiger partial charge in [-0.25, -0.2) is 9.69 Å². The lowest BCUT2D eigenvalue weighted by Gasteiger charge is -2.26. The van der Waals surface area contributed by atoms with Crippen LogP contribution >= 0.6 is 34.8 Å². The zero-order chi connectivity index (χ0) is 22.8. The van der Waals surface area contributed by atoms with Crippen LogP contribution in [0.2, 0.25) is 15.1 Å². The maximum Gasteiger partial charge on any atom is 0.335 e. The fourth-order valence-corrected chi connectivity index (χ4v) is 3.85. The molecule has 0 radical (unpaired) electrons. The SMILES string of the molecule is O=C1NC(=O)N(c2ccc(Cl)cc2)C(=O)/C1=C/c1cc(Cl)ccc1Cc1ccccc1Cl. The summed E-state index contributed by atoms with van der Waals surface area (Å²) in [5, 5.41) is 3.70. The standard InChI is InChI=1S/C24H15Cl3N2O3/c25-17-7-9-19(10-8-17)29-23(31)20(22(30)28-24(29)32)13-16-12-18(26)6-5-14(16)11-15-3-1-2-4-21(15)27/h1-10,12-13H,11H2,(H,28,30,32)/b20-13+. The van der Waals surface area contributed by atoms with Crippen molar-refractivity contribution in [2.45, 2.75) is 6.42 Å². The molecule has 0 atom stereocenters. The molecule has 1 heterocycles. The van der Waals surface area contributed by atoms with Crippen molar-refractivity contribution in [1.29, 1.82) is 0 Å². The summed E-state index contributed by atoms with van der Waals surface area (Å²) in [6.07, 6.45) is 1.90. The van der Waals surface area contributed by atoms with Crippen LogP contribution in [0.25, 0.3) is 6.08 Å². The summed E-state index contributed by atoms with van der Waals surface area (Å²) < 4.78 is 0. The van der Waals surface area contributed by atoms with Crippen LogP contribution in [0.4, 0.5) is 10.5 Å². The van der Waals surface area contributed by atoms with Crippen LogP contribution in [0, 0.1) is 0 Å². The van der Waals surface area contributed by atoms with Crippen molar-refractivity contribution in [2.24, 2.45) is 0 Å². The van der Waals surface area contributed by atoms with E-state index >= 15 is 0 Å². The number of barbiturate groups is 1. The van der Waals surface area contributed by atoms with Gasteiger partial charge in [0.25, 0.3) is 11.8 Å². The molecule has 0 aliphatic carbocycles. The number of imide groups is 2. The Hall–Kier alpha value is -3.12. The van der Waals surface area contributed by atoms with Crippen molar-refractivity contribution in [2.75, 3.05) is 4.90 Å². The van der Waals surface area contributed by atoms with Crippen LogP contribution in [-0.2, 0) is 16.0 Å². The monoisotopic (exact) mass is 484 g/mol. The molecule has 0 bridgehead atoms. The van der Waals surface area contributed by atoms with Gasteiger partial charge in [-0.2, -0.15) is 0 Å². The van der Waals surface area contributed by atoms with E-state index in [9.17, 15) is 14.4 Å². The lowest BCUT2D eigenvalue weighted by molar-refractivity contribution is -0.122. The third-order valence-corrected chi connectivity index (χ3v) is 5.79. The first-order valence-electron chi connectivity index (χ1n) is 9.52. The molecular weight excluding hydrogens is 471 g/mol. The molecule has 0 saturated carbocycles. The Balaban J connectivity index is 1.75. The first-order valence-corrected chi connectivity index (χ1v) is 10.7. The highest BCUT2D eigenvalue weighted by Gasteiger charge is 2.36. The second-order valence-corrected chi connectivity index (χ2v) is 8.33. The van der Waals surface area contributed by atoms with E-state index in [1.54, 1.807) is 30.3 Å². The number of hydrogen-bond donors (Lipinski definition) is 1. The fourth-order valence-electron chi connectivity index (χ4n) is 3.35. The lowest BCUT2D eigenvalue weighted by atomic mass is 9.97. The molecule has 8 heteroatoms. The number of halogens is 3. The van der Waals surface area contributed by atoms with Crippen molar-refractivity contribution in [3.8, 4) is 0 Å². The predicted octanol–water partition coefficient (Wildman–Crippen LogP) is 5.90. The number of amides is 4. The zero-order valence-electron chi connectivity index (χ0n) is 16.4. The lowest BCUT2D eigenvalue weighted by Crippen LogP contribution is -2.54. The summed E-state index contributed by atoms with van der Waals surface area (Å²) in [6, 6.07) is 17.9. The number of carbonyl (C=O) groups is 3. The van der Waals surface area contributed by atoms with E-state index < -0.39 is 17.8 Å². The minimum absolute atomic E-state index is 0.192. The zero-order valence-corrected chi connectivity index (χ0v) is 18.7. The Labute approximate surface area is 199 Å². The van der Waals surface area contributed by atoms with Crippen molar-refractivity contribution in [3.63, 3.8) is 0 Å². The molecule has 1 aliphatic heterocycles. The molecule has 32 heavy (non-hydrogen) atoms. The molecule has 3 aromatic rings. The second kappa shape index (κ2) is 9.17. The molecule has 4 rings (SSSR count). The van der Waals surface area contributed by atoms with E-state index in [2.05, 4.69) is 5.32 Å². The van der Waals surface area contributed by atoms with Gasteiger partial charge in [0.2, 0.25) is 0 Å². The van der Waals surface area contributed by atoms with Crippen LogP contribution in [0.3, 0.4) is 0 Å². The molecule has 0 aromatic heterocycles. The highest BCUT2D eigenvalue weighted by molar-refractivity contribution is 6.39. The topological polar surface area (TPSA) is 66.5 Å². The summed E-state index contributed by atoms with van der Waals surface area (Å²) >= 11 is 18.4. The van der Waals surface area contributed by atoms with E-state index in [4.69, 9.17) is 34.8 Å². The van der Waals surface area contributed by atoms with Crippen LogP contribution in [0.5, 0.6) is 0 Å². The average molecular weight is 486 g/mol. The van der Waals surface area contributed by atoms with Gasteiger partial charge in [0.1, 0.15) is 5.57 Å². The Kier molecular flexibility index (Phi) is 6.33. The minimum Gasteiger partial charge on any atom is -0.273 e. The van der Waals surface area contributed by atoms with Gasteiger partial charge >= 0.3 is 6.03 Å². The van der Waals surface area contributed by atoms with Crippen LogP contribution < -0.4 is 10.2 Å². The highest BCUT2D eigenvalue weighted by atomic mass is 35.5. The highest BCUT2D eigenvalue weighted by Crippen LogP contribution is 2.27. The van der Waals surface area contributed by atoms with Crippen molar-refractivity contribution in [3.05, 3.63) is 104 Å². The summed E-state index contributed by atoms with van der Waals surface area (Å²) in [5.41, 5.74) is 2.36. The Morgan fingerprint density at radius 2 is 1.50 bits per heavy atom. The van der Waals surface area contributed by atoms with Crippen LogP contribution in [0.1, 0.15) is 16.7 Å². The molecule has 1 N–H and O–H groups in total. The number of nitrogens with zero attached hydrogens (tertiary/aromatic N) is 1. The number of hydrogen-bond acceptors (Lipinski definition) is 3. The molecule has 1 saturated heterocycles. The predicted molar refractivity (Wildman–Crippen MR) is 126 cm³/mol. The third kappa shape index (κ3) is 4.55. The normalized spacial score (nSPS) is 15.3. The molecule has 0 spiro atoms. The van der Waals surface area contributed by atoms with Gasteiger partial charge in [0.05, 0.1) is 5.69 Å². The van der Waals surface area contributed by atoms with Crippen molar-refractivity contribution < 1.29 is 14.4 Å². The molecule has 3 aromatic carbocycles. The third-order valence-electron chi connectivity index (χ3n) is 4.93. The summed E-state index contributed by atoms with van der Waals surface area (Å²) in [7, 11) is 0. The summed E-state index contributed by atoms with van der Waals surface area (Å²) in [6.45, 7) is 0. The quantitative estimate of drug-likeness (QED) is 0.369. The smallest absolute Gasteiger partial charge is 0.273 e. The Morgan fingerprint density at radius 3 is 2.22 bits per heavy atom. The van der Waals surface area contributed by atoms with Gasteiger partial charge < -0.3 is 0 Å². The van der Waals surface area contributed by atoms with Gasteiger partial charge in [0, 0.05) is 15.1 Å². The molecule has 1 fully saturated rings. The molecular formula is C24H15Cl3N2O3. The maximum absolute atomic E-state index is 13.1. The number of rotatable bonds is 4. The largest absolute Gasteiger partial charge is 0.335 e. The molecule has 160 valence electrons. The van der Waals surface area contributed by atoms with Gasteiger partial charge in [-0.15, -0.1) is 0 Å². The van der Waals surface area contributed by atoms with Gasteiger partial charge in [-0.1, -0.05) is 59.1 Å². The van der Waals surface area contributed by atoms with Crippen molar-refractivity contribution in [1.82, 2.24) is 5.32 Å². The summed E-state index contributed by atoms with van der Waals surface area (Å²) in [4.78, 5) is 38.9. The fraction of sp³-hybridized carbons (Fsp3) is 0.0417. The van der Waals surface area contributed by atoms with E-state index in [0.29, 0.717) is 27.1 Å². The summed E-state index contributed by atoms with van der Waals surface area (Å²) in [5.74, 6) is -1.53. The van der Waals surface area contributed by atoms with Gasteiger partial charge in [-0.05, 0) is 71.7 Å². The van der Waals surface area contributed by atoms with E-state index in [1.807, 2.05) is 24.3 Å². The van der Waals surface area contributed by atoms with E-state index in [1.165, 1.54) is 18.2 Å². The minimum atomic E-state index is -0.832. The van der Waals surface area contributed by atoms with Crippen molar-refractivity contribution >= 4 is 64.4 Å². The number of nitrogens with one attached hydrogen (secondary N) is 1. The number of benzene rings is 3. The maximum atomic E-state index is 13.1. The number of anilines is 1. The second-order valence-electron chi connectivity index (χ2n) is 7.05. The average Bonchev–Trinajstić information content (AvgIpc) is 2.75. The Morgan fingerprint density at radius 1 is 0.812 bits per heavy atom. The van der Waals surface area contributed by atoms with Gasteiger partial charge in [0.15, 0.2) is 0 Å². The van der Waals surface area contributed by atoms with E-state index in [-0.39, 0.29) is 11.3 Å². The molecule has 5 nitrogen and oxygen atoms in total. The Bertz CT molecular complexity index is 1270. The molecule has 0 unspecified atom stereocenters. The van der Waals surface area contributed by atoms with Crippen LogP contribution in [-0.4, -0.2) is 17.8 Å². The molecule has 1 aliphatic rings. The number of urea groups is 1. The van der Waals surface area contributed by atoms with Gasteiger partial charge in [-0.3, -0.25) is 14.9 Å². The van der Waals surface area contributed by atoms with E-state index in [0.717, 1.165) is 16.0 Å². The first-order chi connectivity index (χ1) is 15.3. The molecule has 4 amide bonds. The van der Waals surface area contributed by atoms with Crippen LogP contribution in [0.15, 0.2) is 72.3 Å². The number of carbonyl (C=O) groups excluding carboxylic acids is 3.